The van der Waals surface area contributed by atoms with Crippen molar-refractivity contribution in [3.8, 4) is 5.75 Å². The first-order valence-electron chi connectivity index (χ1n) is 8.14. The summed E-state index contributed by atoms with van der Waals surface area (Å²) in [7, 11) is 0. The van der Waals surface area contributed by atoms with Crippen molar-refractivity contribution in [2.24, 2.45) is 0 Å². The lowest BCUT2D eigenvalue weighted by Gasteiger charge is -2.06. The molecule has 0 spiro atoms. The Kier molecular flexibility index (Phi) is 6.56. The second-order valence-corrected chi connectivity index (χ2v) is 7.77. The van der Waals surface area contributed by atoms with Crippen LogP contribution < -0.4 is 10.1 Å². The first kappa shape index (κ1) is 19.1. The number of Topliss-reactive ketones (excluding diaryl/α,β-unsaturated/α-hetero) is 1. The summed E-state index contributed by atoms with van der Waals surface area (Å²) in [5.41, 5.74) is 1.74. The first-order valence-corrected chi connectivity index (χ1v) is 9.94. The topological polar surface area (TPSA) is 81.2 Å². The van der Waals surface area contributed by atoms with Crippen LogP contribution in [0.1, 0.15) is 22.8 Å². The maximum Gasteiger partial charge on any atom is 0.264 e. The van der Waals surface area contributed by atoms with E-state index in [4.69, 9.17) is 4.74 Å². The smallest absolute Gasteiger partial charge is 0.264 e. The summed E-state index contributed by atoms with van der Waals surface area (Å²) in [6, 6.07) is 16.8. The third kappa shape index (κ3) is 5.90. The van der Waals surface area contributed by atoms with Gasteiger partial charge in [-0.1, -0.05) is 65.6 Å². The van der Waals surface area contributed by atoms with Crippen LogP contribution in [-0.2, 0) is 10.5 Å². The minimum absolute atomic E-state index is 0.0562. The summed E-state index contributed by atoms with van der Waals surface area (Å²) in [5.74, 6) is 0.867. The maximum absolute atomic E-state index is 12.0. The molecule has 0 unspecified atom stereocenters. The van der Waals surface area contributed by atoms with E-state index in [1.807, 2.05) is 18.2 Å². The predicted molar refractivity (Wildman–Crippen MR) is 106 cm³/mol. The Balaban J connectivity index is 1.47. The second-order valence-electron chi connectivity index (χ2n) is 5.57. The van der Waals surface area contributed by atoms with E-state index in [1.165, 1.54) is 23.8 Å². The summed E-state index contributed by atoms with van der Waals surface area (Å²) in [5, 5.41) is 11.1. The van der Waals surface area contributed by atoms with Crippen molar-refractivity contribution >= 4 is 39.9 Å². The number of hydrogen-bond acceptors (Lipinski definition) is 7. The fourth-order valence-electron chi connectivity index (χ4n) is 2.15. The van der Waals surface area contributed by atoms with Gasteiger partial charge in [-0.25, -0.2) is 0 Å². The number of ketones is 1. The summed E-state index contributed by atoms with van der Waals surface area (Å²) in [6.07, 6.45) is 0. The summed E-state index contributed by atoms with van der Waals surface area (Å²) in [6.45, 7) is 1.31. The van der Waals surface area contributed by atoms with Gasteiger partial charge < -0.3 is 4.74 Å². The molecule has 0 aliphatic carbocycles. The molecule has 0 atom stereocenters. The number of carbonyl (C=O) groups excluding carboxylic acids is 2. The quantitative estimate of drug-likeness (QED) is 0.350. The molecule has 0 radical (unpaired) electrons. The molecule has 0 saturated heterocycles. The van der Waals surface area contributed by atoms with Crippen LogP contribution in [0.4, 0.5) is 5.13 Å². The van der Waals surface area contributed by atoms with Gasteiger partial charge in [-0.15, -0.1) is 10.2 Å². The van der Waals surface area contributed by atoms with Crippen LogP contribution >= 0.6 is 23.1 Å². The van der Waals surface area contributed by atoms with Gasteiger partial charge in [-0.05, 0) is 24.6 Å². The largest absolute Gasteiger partial charge is 0.484 e. The molecule has 6 nitrogen and oxygen atoms in total. The van der Waals surface area contributed by atoms with Gasteiger partial charge in [0.2, 0.25) is 5.13 Å². The van der Waals surface area contributed by atoms with Crippen molar-refractivity contribution in [2.75, 3.05) is 11.9 Å². The highest BCUT2D eigenvalue weighted by Gasteiger charge is 2.10. The molecule has 0 fully saturated rings. The fourth-order valence-corrected chi connectivity index (χ4v) is 3.87. The molecule has 27 heavy (non-hydrogen) atoms. The van der Waals surface area contributed by atoms with Crippen molar-refractivity contribution in [1.29, 1.82) is 0 Å². The zero-order valence-corrected chi connectivity index (χ0v) is 16.2. The number of anilines is 1. The SMILES string of the molecule is CC(=O)c1cccc(OCC(=O)Nc2nnc(SCc3ccccc3)s2)c1. The van der Waals surface area contributed by atoms with Crippen LogP contribution in [0, 0.1) is 0 Å². The third-order valence-electron chi connectivity index (χ3n) is 3.47. The third-order valence-corrected chi connectivity index (χ3v) is 5.51. The van der Waals surface area contributed by atoms with Gasteiger partial charge in [0.15, 0.2) is 16.7 Å². The Morgan fingerprint density at radius 2 is 1.93 bits per heavy atom. The average molecular weight is 399 g/mol. The molecule has 0 bridgehead atoms. The summed E-state index contributed by atoms with van der Waals surface area (Å²) in [4.78, 5) is 23.4. The maximum atomic E-state index is 12.0. The highest BCUT2D eigenvalue weighted by atomic mass is 32.2. The van der Waals surface area contributed by atoms with Gasteiger partial charge in [0.05, 0.1) is 0 Å². The van der Waals surface area contributed by atoms with E-state index < -0.39 is 0 Å². The minimum atomic E-state index is -0.334. The van der Waals surface area contributed by atoms with Crippen LogP contribution in [0.2, 0.25) is 0 Å². The molecule has 0 aliphatic rings. The van der Waals surface area contributed by atoms with Crippen molar-refractivity contribution < 1.29 is 14.3 Å². The van der Waals surface area contributed by atoms with E-state index in [2.05, 4.69) is 27.6 Å². The molecule has 2 aromatic carbocycles. The standard InChI is InChI=1S/C19H17N3O3S2/c1-13(23)15-8-5-9-16(10-15)25-11-17(24)20-18-21-22-19(27-18)26-12-14-6-3-2-4-7-14/h2-10H,11-12H2,1H3,(H,20,21,24). The van der Waals surface area contributed by atoms with E-state index in [0.717, 1.165) is 10.1 Å². The van der Waals surface area contributed by atoms with Crippen molar-refractivity contribution in [2.45, 2.75) is 17.0 Å². The number of ether oxygens (including phenoxy) is 1. The van der Waals surface area contributed by atoms with Crippen molar-refractivity contribution in [3.63, 3.8) is 0 Å². The Morgan fingerprint density at radius 3 is 2.70 bits per heavy atom. The Bertz CT molecular complexity index is 929. The molecule has 8 heteroatoms. The zero-order chi connectivity index (χ0) is 19.1. The number of nitrogens with zero attached hydrogens (tertiary/aromatic N) is 2. The number of aromatic nitrogens is 2. The van der Waals surface area contributed by atoms with E-state index in [1.54, 1.807) is 36.0 Å². The van der Waals surface area contributed by atoms with Gasteiger partial charge in [0.25, 0.3) is 5.91 Å². The lowest BCUT2D eigenvalue weighted by molar-refractivity contribution is -0.118. The molecule has 138 valence electrons. The number of nitrogens with one attached hydrogen (secondary N) is 1. The van der Waals surface area contributed by atoms with Crippen LogP contribution in [0.3, 0.4) is 0 Å². The molecule has 0 saturated carbocycles. The monoisotopic (exact) mass is 399 g/mol. The first-order chi connectivity index (χ1) is 13.1. The zero-order valence-electron chi connectivity index (χ0n) is 14.5. The fraction of sp³-hybridized carbons (Fsp3) is 0.158. The molecule has 1 amide bonds. The highest BCUT2D eigenvalue weighted by Crippen LogP contribution is 2.28. The van der Waals surface area contributed by atoms with Crippen LogP contribution in [-0.4, -0.2) is 28.5 Å². The van der Waals surface area contributed by atoms with Crippen molar-refractivity contribution in [3.05, 3.63) is 65.7 Å². The van der Waals surface area contributed by atoms with Crippen LogP contribution in [0.15, 0.2) is 58.9 Å². The summed E-state index contributed by atoms with van der Waals surface area (Å²) >= 11 is 2.88. The van der Waals surface area contributed by atoms with E-state index in [-0.39, 0.29) is 18.3 Å². The average Bonchev–Trinajstić information content (AvgIpc) is 3.13. The van der Waals surface area contributed by atoms with E-state index >= 15 is 0 Å². The van der Waals surface area contributed by atoms with Gasteiger partial charge in [-0.2, -0.15) is 0 Å². The number of rotatable bonds is 8. The number of carbonyl (C=O) groups is 2. The molecular formula is C19H17N3O3S2. The van der Waals surface area contributed by atoms with Crippen molar-refractivity contribution in [1.82, 2.24) is 10.2 Å². The Morgan fingerprint density at radius 1 is 1.11 bits per heavy atom. The number of thioether (sulfide) groups is 1. The Hall–Kier alpha value is -2.71. The predicted octanol–water partition coefficient (Wildman–Crippen LogP) is 4.05. The van der Waals surface area contributed by atoms with E-state index in [9.17, 15) is 9.59 Å². The van der Waals surface area contributed by atoms with Crippen LogP contribution in [0.5, 0.6) is 5.75 Å². The Labute approximate surface area is 165 Å². The second kappa shape index (κ2) is 9.29. The molecule has 3 rings (SSSR count). The normalized spacial score (nSPS) is 10.4. The lowest BCUT2D eigenvalue weighted by atomic mass is 10.1. The van der Waals surface area contributed by atoms with Gasteiger partial charge in [0, 0.05) is 11.3 Å². The van der Waals surface area contributed by atoms with E-state index in [0.29, 0.717) is 16.4 Å². The number of amides is 1. The number of hydrogen-bond donors (Lipinski definition) is 1. The molecule has 1 aromatic heterocycles. The summed E-state index contributed by atoms with van der Waals surface area (Å²) < 4.78 is 6.21. The number of benzene rings is 2. The highest BCUT2D eigenvalue weighted by molar-refractivity contribution is 8.00. The van der Waals surface area contributed by atoms with Gasteiger partial charge >= 0.3 is 0 Å². The molecule has 1 N–H and O–H groups in total. The minimum Gasteiger partial charge on any atom is -0.484 e. The van der Waals surface area contributed by atoms with Crippen LogP contribution in [0.25, 0.3) is 0 Å². The molecule has 3 aromatic rings. The lowest BCUT2D eigenvalue weighted by Crippen LogP contribution is -2.20. The van der Waals surface area contributed by atoms with Gasteiger partial charge in [0.1, 0.15) is 5.75 Å². The van der Waals surface area contributed by atoms with Gasteiger partial charge in [-0.3, -0.25) is 14.9 Å². The molecule has 0 aliphatic heterocycles. The molecular weight excluding hydrogens is 382 g/mol. The molecule has 1 heterocycles.